The molecule has 0 aromatic heterocycles. The summed E-state index contributed by atoms with van der Waals surface area (Å²) in [4.78, 5) is 28.6. The van der Waals surface area contributed by atoms with E-state index in [1.54, 1.807) is 23.6 Å². The fourth-order valence-corrected chi connectivity index (χ4v) is 4.15. The fourth-order valence-electron chi connectivity index (χ4n) is 3.28. The van der Waals surface area contributed by atoms with Crippen molar-refractivity contribution < 1.29 is 14.3 Å². The highest BCUT2D eigenvalue weighted by Crippen LogP contribution is 2.31. The zero-order chi connectivity index (χ0) is 23.5. The van der Waals surface area contributed by atoms with Crippen LogP contribution in [0.2, 0.25) is 0 Å². The molecule has 5 nitrogen and oxygen atoms in total. The number of rotatable bonds is 10. The number of nitrogens with zero attached hydrogens (tertiary/aromatic N) is 1. The third-order valence-corrected chi connectivity index (χ3v) is 5.95. The molecule has 33 heavy (non-hydrogen) atoms. The van der Waals surface area contributed by atoms with Crippen molar-refractivity contribution in [1.82, 2.24) is 0 Å². The second kappa shape index (κ2) is 12.7. The number of urea groups is 1. The van der Waals surface area contributed by atoms with E-state index in [0.29, 0.717) is 13.2 Å². The molecule has 2 amide bonds. The van der Waals surface area contributed by atoms with Crippen molar-refractivity contribution in [3.63, 3.8) is 0 Å². The van der Waals surface area contributed by atoms with Crippen LogP contribution in [0.3, 0.4) is 0 Å². The number of anilines is 2. The van der Waals surface area contributed by atoms with Gasteiger partial charge in [0.25, 0.3) is 0 Å². The van der Waals surface area contributed by atoms with E-state index < -0.39 is 0 Å². The summed E-state index contributed by atoms with van der Waals surface area (Å²) >= 11 is 1.62. The van der Waals surface area contributed by atoms with Crippen LogP contribution in [0, 0.1) is 0 Å². The number of nitrogens with one attached hydrogen (secondary N) is 1. The maximum atomic E-state index is 13.0. The van der Waals surface area contributed by atoms with Crippen molar-refractivity contribution >= 4 is 35.1 Å². The molecule has 0 atom stereocenters. The minimum Gasteiger partial charge on any atom is -0.466 e. The molecule has 0 radical (unpaired) electrons. The van der Waals surface area contributed by atoms with E-state index in [4.69, 9.17) is 4.74 Å². The van der Waals surface area contributed by atoms with Crippen molar-refractivity contribution in [3.8, 4) is 0 Å². The van der Waals surface area contributed by atoms with Gasteiger partial charge in [-0.25, -0.2) is 4.79 Å². The number of esters is 1. The Morgan fingerprint density at radius 1 is 0.909 bits per heavy atom. The number of carbonyl (C=O) groups is 2. The van der Waals surface area contributed by atoms with Gasteiger partial charge >= 0.3 is 12.0 Å². The van der Waals surface area contributed by atoms with E-state index in [2.05, 4.69) is 12.2 Å². The van der Waals surface area contributed by atoms with Crippen LogP contribution in [-0.2, 0) is 16.0 Å². The van der Waals surface area contributed by atoms with Gasteiger partial charge < -0.3 is 10.1 Å². The summed E-state index contributed by atoms with van der Waals surface area (Å²) in [6.45, 7) is 4.96. The van der Waals surface area contributed by atoms with E-state index >= 15 is 0 Å². The number of hydrogen-bond donors (Lipinski definition) is 1. The first-order valence-electron chi connectivity index (χ1n) is 11.2. The number of amides is 2. The molecule has 0 bridgehead atoms. The first-order valence-corrected chi connectivity index (χ1v) is 12.1. The van der Waals surface area contributed by atoms with Crippen molar-refractivity contribution in [2.75, 3.05) is 23.4 Å². The first kappa shape index (κ1) is 24.4. The van der Waals surface area contributed by atoms with Crippen molar-refractivity contribution in [2.24, 2.45) is 0 Å². The minimum atomic E-state index is -0.216. The Kier molecular flexibility index (Phi) is 9.39. The fraction of sp³-hybridized carbons (Fsp3) is 0.259. The molecule has 0 saturated carbocycles. The number of unbranched alkanes of at least 4 members (excludes halogenated alkanes) is 1. The molecule has 0 fully saturated rings. The second-order valence-corrected chi connectivity index (χ2v) is 8.67. The molecule has 3 aromatic rings. The predicted molar refractivity (Wildman–Crippen MR) is 135 cm³/mol. The monoisotopic (exact) mass is 462 g/mol. The van der Waals surface area contributed by atoms with Gasteiger partial charge in [-0.05, 0) is 61.4 Å². The topological polar surface area (TPSA) is 58.6 Å². The normalized spacial score (nSPS) is 10.5. The lowest BCUT2D eigenvalue weighted by Crippen LogP contribution is -2.35. The van der Waals surface area contributed by atoms with Gasteiger partial charge in [0.1, 0.15) is 0 Å². The summed E-state index contributed by atoms with van der Waals surface area (Å²) in [7, 11) is 0. The van der Waals surface area contributed by atoms with Crippen LogP contribution in [0.4, 0.5) is 16.2 Å². The molecule has 172 valence electrons. The Morgan fingerprint density at radius 2 is 1.67 bits per heavy atom. The Hall–Kier alpha value is -3.25. The van der Waals surface area contributed by atoms with E-state index in [-0.39, 0.29) is 18.4 Å². The van der Waals surface area contributed by atoms with E-state index in [9.17, 15) is 9.59 Å². The van der Waals surface area contributed by atoms with Crippen LogP contribution in [0.5, 0.6) is 0 Å². The van der Waals surface area contributed by atoms with Gasteiger partial charge in [-0.1, -0.05) is 61.5 Å². The third-order valence-electron chi connectivity index (χ3n) is 4.95. The first-order chi connectivity index (χ1) is 16.1. The second-order valence-electron chi connectivity index (χ2n) is 7.53. The van der Waals surface area contributed by atoms with Gasteiger partial charge in [0.05, 0.1) is 13.0 Å². The summed E-state index contributed by atoms with van der Waals surface area (Å²) in [5, 5.41) is 2.99. The lowest BCUT2D eigenvalue weighted by Gasteiger charge is -2.23. The predicted octanol–water partition coefficient (Wildman–Crippen LogP) is 6.78. The number of ether oxygens (including phenoxy) is 1. The molecule has 0 spiro atoms. The minimum absolute atomic E-state index is 0.139. The highest BCUT2D eigenvalue weighted by atomic mass is 32.2. The van der Waals surface area contributed by atoms with Gasteiger partial charge in [0, 0.05) is 27.7 Å². The SMILES string of the molecule is CCCCN(C(=O)Nc1ccccc1)c1cccc(Sc2ccc(CC(=O)OCC)cc2)c1. The summed E-state index contributed by atoms with van der Waals surface area (Å²) in [6.07, 6.45) is 2.19. The Morgan fingerprint density at radius 3 is 2.36 bits per heavy atom. The highest BCUT2D eigenvalue weighted by Gasteiger charge is 2.16. The highest BCUT2D eigenvalue weighted by molar-refractivity contribution is 7.99. The zero-order valence-electron chi connectivity index (χ0n) is 19.1. The molecule has 0 heterocycles. The molecule has 0 aliphatic rings. The van der Waals surface area contributed by atoms with E-state index in [0.717, 1.165) is 39.6 Å². The van der Waals surface area contributed by atoms with Crippen LogP contribution in [-0.4, -0.2) is 25.2 Å². The molecule has 6 heteroatoms. The zero-order valence-corrected chi connectivity index (χ0v) is 19.9. The number of carbonyl (C=O) groups excluding carboxylic acids is 2. The van der Waals surface area contributed by atoms with Gasteiger partial charge in [0.2, 0.25) is 0 Å². The smallest absolute Gasteiger partial charge is 0.326 e. The van der Waals surface area contributed by atoms with Crippen LogP contribution in [0.15, 0.2) is 88.7 Å². The van der Waals surface area contributed by atoms with E-state index in [1.807, 2.05) is 78.9 Å². The van der Waals surface area contributed by atoms with Crippen LogP contribution >= 0.6 is 11.8 Å². The summed E-state index contributed by atoms with van der Waals surface area (Å²) in [5.41, 5.74) is 2.56. The summed E-state index contributed by atoms with van der Waals surface area (Å²) in [6, 6.07) is 25.3. The lowest BCUT2D eigenvalue weighted by atomic mass is 10.1. The van der Waals surface area contributed by atoms with Crippen LogP contribution in [0.25, 0.3) is 0 Å². The average Bonchev–Trinajstić information content (AvgIpc) is 2.82. The Balaban J connectivity index is 1.71. The maximum Gasteiger partial charge on any atom is 0.326 e. The van der Waals surface area contributed by atoms with E-state index in [1.165, 1.54) is 0 Å². The number of para-hydroxylation sites is 1. The maximum absolute atomic E-state index is 13.0. The molecule has 0 unspecified atom stereocenters. The van der Waals surface area contributed by atoms with Crippen LogP contribution < -0.4 is 10.2 Å². The molecule has 0 saturated heterocycles. The lowest BCUT2D eigenvalue weighted by molar-refractivity contribution is -0.142. The average molecular weight is 463 g/mol. The molecule has 1 N–H and O–H groups in total. The van der Waals surface area contributed by atoms with Crippen molar-refractivity contribution in [1.29, 1.82) is 0 Å². The van der Waals surface area contributed by atoms with Gasteiger partial charge in [-0.3, -0.25) is 9.69 Å². The quantitative estimate of drug-likeness (QED) is 0.337. The number of hydrogen-bond acceptors (Lipinski definition) is 4. The van der Waals surface area contributed by atoms with Crippen molar-refractivity contribution in [3.05, 3.63) is 84.4 Å². The van der Waals surface area contributed by atoms with Gasteiger partial charge in [-0.2, -0.15) is 0 Å². The third kappa shape index (κ3) is 7.68. The molecular formula is C27H30N2O3S. The van der Waals surface area contributed by atoms with Gasteiger partial charge in [-0.15, -0.1) is 0 Å². The van der Waals surface area contributed by atoms with Gasteiger partial charge in [0.15, 0.2) is 0 Å². The largest absolute Gasteiger partial charge is 0.466 e. The Labute approximate surface area is 200 Å². The molecule has 0 aliphatic heterocycles. The number of benzene rings is 3. The molecular weight excluding hydrogens is 432 g/mol. The van der Waals surface area contributed by atoms with Crippen LogP contribution in [0.1, 0.15) is 32.3 Å². The molecule has 0 aliphatic carbocycles. The molecule has 3 rings (SSSR count). The Bertz CT molecular complexity index is 1040. The standard InChI is InChI=1S/C27H30N2O3S/c1-3-5-18-29(27(31)28-22-10-7-6-8-11-22)23-12-9-13-25(20-23)33-24-16-14-21(15-17-24)19-26(30)32-4-2/h6-17,20H,3-5,18-19H2,1-2H3,(H,28,31). The summed E-state index contributed by atoms with van der Waals surface area (Å²) < 4.78 is 5.01. The summed E-state index contributed by atoms with van der Waals surface area (Å²) in [5.74, 6) is -0.216. The van der Waals surface area contributed by atoms with Crippen molar-refractivity contribution in [2.45, 2.75) is 42.9 Å². The molecule has 3 aromatic carbocycles.